The molecule has 0 aliphatic carbocycles. The van der Waals surface area contributed by atoms with Gasteiger partial charge in [0, 0.05) is 13.2 Å². The third-order valence-electron chi connectivity index (χ3n) is 3.79. The molecule has 6 heteroatoms. The van der Waals surface area contributed by atoms with Gasteiger partial charge < -0.3 is 20.5 Å². The lowest BCUT2D eigenvalue weighted by atomic mass is 9.99. The summed E-state index contributed by atoms with van der Waals surface area (Å²) in [5, 5.41) is 14.3. The molecule has 116 valence electrons. The lowest BCUT2D eigenvalue weighted by Crippen LogP contribution is -2.49. The monoisotopic (exact) mass is 286 g/mol. The van der Waals surface area contributed by atoms with Crippen LogP contribution in [0.15, 0.2) is 0 Å². The summed E-state index contributed by atoms with van der Waals surface area (Å²) in [7, 11) is 0. The number of ether oxygens (including phenoxy) is 1. The number of hydrogen-bond acceptors (Lipinski definition) is 3. The molecule has 2 amide bonds. The van der Waals surface area contributed by atoms with Gasteiger partial charge in [-0.05, 0) is 31.6 Å². The van der Waals surface area contributed by atoms with Crippen molar-refractivity contribution in [3.8, 4) is 0 Å². The van der Waals surface area contributed by atoms with Crippen molar-refractivity contribution in [2.75, 3.05) is 13.2 Å². The van der Waals surface area contributed by atoms with E-state index in [1.807, 2.05) is 13.8 Å². The molecule has 1 unspecified atom stereocenters. The van der Waals surface area contributed by atoms with E-state index in [0.717, 1.165) is 25.9 Å². The van der Waals surface area contributed by atoms with Crippen molar-refractivity contribution in [2.24, 2.45) is 5.92 Å². The van der Waals surface area contributed by atoms with Crippen molar-refractivity contribution < 1.29 is 19.4 Å². The molecule has 1 rings (SSSR count). The summed E-state index contributed by atoms with van der Waals surface area (Å²) in [6, 6.07) is -1.26. The van der Waals surface area contributed by atoms with Crippen LogP contribution in [0.3, 0.4) is 0 Å². The Morgan fingerprint density at radius 3 is 2.70 bits per heavy atom. The van der Waals surface area contributed by atoms with E-state index in [4.69, 9.17) is 9.84 Å². The van der Waals surface area contributed by atoms with E-state index in [1.165, 1.54) is 6.42 Å². The van der Waals surface area contributed by atoms with Crippen LogP contribution >= 0.6 is 0 Å². The fourth-order valence-electron chi connectivity index (χ4n) is 2.26. The average Bonchev–Trinajstić information content (AvgIpc) is 2.45. The topological polar surface area (TPSA) is 87.7 Å². The maximum absolute atomic E-state index is 11.7. The van der Waals surface area contributed by atoms with Crippen LogP contribution < -0.4 is 10.6 Å². The van der Waals surface area contributed by atoms with E-state index in [2.05, 4.69) is 10.6 Å². The largest absolute Gasteiger partial charge is 0.480 e. The Balaban J connectivity index is 2.25. The summed E-state index contributed by atoms with van der Waals surface area (Å²) in [6.07, 6.45) is 5.01. The van der Waals surface area contributed by atoms with E-state index in [9.17, 15) is 9.59 Å². The van der Waals surface area contributed by atoms with E-state index in [1.54, 1.807) is 0 Å². The van der Waals surface area contributed by atoms with Crippen LogP contribution in [0, 0.1) is 5.92 Å². The molecule has 1 aliphatic heterocycles. The van der Waals surface area contributed by atoms with Gasteiger partial charge in [0.15, 0.2) is 0 Å². The molecular formula is C14H26N2O4. The Morgan fingerprint density at radius 1 is 1.40 bits per heavy atom. The van der Waals surface area contributed by atoms with Gasteiger partial charge in [0.1, 0.15) is 6.04 Å². The molecule has 0 radical (unpaired) electrons. The highest BCUT2D eigenvalue weighted by Crippen LogP contribution is 2.14. The first-order chi connectivity index (χ1) is 9.54. The van der Waals surface area contributed by atoms with Gasteiger partial charge >= 0.3 is 12.0 Å². The number of carboxylic acid groups (broad SMARTS) is 1. The molecule has 0 saturated carbocycles. The van der Waals surface area contributed by atoms with Crippen molar-refractivity contribution in [1.82, 2.24) is 10.6 Å². The lowest BCUT2D eigenvalue weighted by molar-refractivity contribution is -0.140. The standard InChI is InChI=1S/C14H26N2O4/c1-3-10(2)12(13(17)18)16-14(19)15-8-7-11-6-4-5-9-20-11/h10-12H,3-9H2,1-2H3,(H,17,18)(H2,15,16,19)/t10-,11?,12-/m0/s1. The first-order valence-corrected chi connectivity index (χ1v) is 7.43. The van der Waals surface area contributed by atoms with E-state index < -0.39 is 18.0 Å². The van der Waals surface area contributed by atoms with Gasteiger partial charge in [-0.15, -0.1) is 0 Å². The van der Waals surface area contributed by atoms with Crippen molar-refractivity contribution >= 4 is 12.0 Å². The normalized spacial score (nSPS) is 21.8. The smallest absolute Gasteiger partial charge is 0.326 e. The van der Waals surface area contributed by atoms with Crippen LogP contribution in [0.25, 0.3) is 0 Å². The number of nitrogens with one attached hydrogen (secondary N) is 2. The van der Waals surface area contributed by atoms with Crippen LogP contribution in [-0.4, -0.2) is 42.4 Å². The molecule has 0 aromatic heterocycles. The van der Waals surface area contributed by atoms with Gasteiger partial charge in [0.2, 0.25) is 0 Å². The molecule has 20 heavy (non-hydrogen) atoms. The van der Waals surface area contributed by atoms with Crippen molar-refractivity contribution in [3.05, 3.63) is 0 Å². The van der Waals surface area contributed by atoms with E-state index >= 15 is 0 Å². The van der Waals surface area contributed by atoms with Crippen LogP contribution in [0.1, 0.15) is 46.0 Å². The molecule has 6 nitrogen and oxygen atoms in total. The first-order valence-electron chi connectivity index (χ1n) is 7.43. The van der Waals surface area contributed by atoms with Gasteiger partial charge in [-0.1, -0.05) is 20.3 Å². The van der Waals surface area contributed by atoms with Gasteiger partial charge in [0.25, 0.3) is 0 Å². The molecule has 0 bridgehead atoms. The first kappa shape index (κ1) is 16.8. The fraction of sp³-hybridized carbons (Fsp3) is 0.857. The van der Waals surface area contributed by atoms with Crippen LogP contribution in [0.2, 0.25) is 0 Å². The van der Waals surface area contributed by atoms with Crippen molar-refractivity contribution in [3.63, 3.8) is 0 Å². The number of carbonyl (C=O) groups is 2. The summed E-state index contributed by atoms with van der Waals surface area (Å²) in [6.45, 7) is 5.02. The van der Waals surface area contributed by atoms with Crippen LogP contribution in [-0.2, 0) is 9.53 Å². The third-order valence-corrected chi connectivity index (χ3v) is 3.79. The van der Waals surface area contributed by atoms with Crippen molar-refractivity contribution in [1.29, 1.82) is 0 Å². The predicted octanol–water partition coefficient (Wildman–Crippen LogP) is 1.74. The molecule has 3 atom stereocenters. The molecule has 1 saturated heterocycles. The zero-order valence-electron chi connectivity index (χ0n) is 12.4. The quantitative estimate of drug-likeness (QED) is 0.665. The number of aliphatic carboxylic acids is 1. The summed E-state index contributed by atoms with van der Waals surface area (Å²) < 4.78 is 5.57. The fourth-order valence-corrected chi connectivity index (χ4v) is 2.26. The van der Waals surface area contributed by atoms with Crippen LogP contribution in [0.5, 0.6) is 0 Å². The third kappa shape index (κ3) is 5.77. The molecular weight excluding hydrogens is 260 g/mol. The molecule has 1 fully saturated rings. The molecule has 0 aromatic carbocycles. The minimum Gasteiger partial charge on any atom is -0.480 e. The Kier molecular flexibility index (Phi) is 7.36. The number of hydrogen-bond donors (Lipinski definition) is 3. The number of carbonyl (C=O) groups excluding carboxylic acids is 1. The molecule has 0 aromatic rings. The molecule has 1 aliphatic rings. The number of amides is 2. The minimum atomic E-state index is -0.995. The van der Waals surface area contributed by atoms with Gasteiger partial charge in [-0.2, -0.15) is 0 Å². The molecule has 3 N–H and O–H groups in total. The Labute approximate surface area is 120 Å². The Bertz CT molecular complexity index is 316. The zero-order valence-corrected chi connectivity index (χ0v) is 12.4. The van der Waals surface area contributed by atoms with Gasteiger partial charge in [-0.3, -0.25) is 0 Å². The summed E-state index contributed by atoms with van der Waals surface area (Å²) >= 11 is 0. The number of urea groups is 1. The maximum Gasteiger partial charge on any atom is 0.326 e. The van der Waals surface area contributed by atoms with E-state index in [0.29, 0.717) is 13.0 Å². The minimum absolute atomic E-state index is 0.0973. The molecule has 0 spiro atoms. The lowest BCUT2D eigenvalue weighted by Gasteiger charge is -2.23. The van der Waals surface area contributed by atoms with Gasteiger partial charge in [-0.25, -0.2) is 9.59 Å². The highest BCUT2D eigenvalue weighted by atomic mass is 16.5. The summed E-state index contributed by atoms with van der Waals surface area (Å²) in [5.41, 5.74) is 0. The Morgan fingerprint density at radius 2 is 2.15 bits per heavy atom. The highest BCUT2D eigenvalue weighted by molar-refractivity contribution is 5.82. The summed E-state index contributed by atoms with van der Waals surface area (Å²) in [5.74, 6) is -1.09. The zero-order chi connectivity index (χ0) is 15.0. The average molecular weight is 286 g/mol. The second-order valence-electron chi connectivity index (χ2n) is 5.38. The van der Waals surface area contributed by atoms with Crippen molar-refractivity contribution in [2.45, 2.75) is 58.1 Å². The number of rotatable bonds is 7. The SMILES string of the molecule is CC[C@H](C)[C@H](NC(=O)NCCC1CCCCO1)C(=O)O. The predicted molar refractivity (Wildman–Crippen MR) is 75.6 cm³/mol. The highest BCUT2D eigenvalue weighted by Gasteiger charge is 2.25. The van der Waals surface area contributed by atoms with Crippen LogP contribution in [0.4, 0.5) is 4.79 Å². The maximum atomic E-state index is 11.7. The number of carboxylic acids is 1. The summed E-state index contributed by atoms with van der Waals surface area (Å²) in [4.78, 5) is 22.8. The molecule has 1 heterocycles. The second kappa shape index (κ2) is 8.79. The van der Waals surface area contributed by atoms with E-state index in [-0.39, 0.29) is 12.0 Å². The Hall–Kier alpha value is -1.30. The second-order valence-corrected chi connectivity index (χ2v) is 5.38. The van der Waals surface area contributed by atoms with Gasteiger partial charge in [0.05, 0.1) is 6.10 Å².